The van der Waals surface area contributed by atoms with Gasteiger partial charge in [0.15, 0.2) is 0 Å². The molecule has 1 N–H and O–H groups in total. The molecular weight excluding hydrogens is 190 g/mol. The maximum absolute atomic E-state index is 10.6. The van der Waals surface area contributed by atoms with Gasteiger partial charge in [-0.1, -0.05) is 5.16 Å². The fourth-order valence-electron chi connectivity index (χ4n) is 0.399. The lowest BCUT2D eigenvalue weighted by Gasteiger charge is -2.13. The zero-order valence-electron chi connectivity index (χ0n) is 8.53. The first-order chi connectivity index (χ1) is 6.32. The van der Waals surface area contributed by atoms with Gasteiger partial charge < -0.3 is 5.32 Å². The Morgan fingerprint density at radius 1 is 1.57 bits per heavy atom. The Bertz CT molecular complexity index is 272. The van der Waals surface area contributed by atoms with Crippen molar-refractivity contribution in [3.63, 3.8) is 0 Å². The molecule has 0 aromatic carbocycles. The summed E-state index contributed by atoms with van der Waals surface area (Å²) in [6.07, 6.45) is -0.761. The maximum Gasteiger partial charge on any atom is 0.433 e. The topological polar surface area (TPSA) is 93.8 Å². The third-order valence-electron chi connectivity index (χ3n) is 1.81. The van der Waals surface area contributed by atoms with Crippen LogP contribution >= 0.6 is 0 Å². The van der Waals surface area contributed by atoms with Crippen LogP contribution in [0.2, 0.25) is 0 Å². The van der Waals surface area contributed by atoms with Gasteiger partial charge >= 0.3 is 6.09 Å². The normalized spacial score (nSPS) is 12.1. The molecule has 0 radical (unpaired) electrons. The number of carbonyl (C=O) groups is 1. The number of amides is 1. The summed E-state index contributed by atoms with van der Waals surface area (Å²) in [5.74, 6) is 0. The van der Waals surface area contributed by atoms with Crippen LogP contribution in [0.4, 0.5) is 4.79 Å². The van der Waals surface area contributed by atoms with Gasteiger partial charge in [0.05, 0.1) is 0 Å². The van der Waals surface area contributed by atoms with Gasteiger partial charge in [-0.05, 0) is 6.92 Å². The molecule has 0 aliphatic carbocycles. The van der Waals surface area contributed by atoms with Crippen molar-refractivity contribution in [3.8, 4) is 0 Å². The summed E-state index contributed by atoms with van der Waals surface area (Å²) in [7, 11) is 1.37. The number of nitrogens with zero attached hydrogens (tertiary/aromatic N) is 2. The van der Waals surface area contributed by atoms with E-state index in [9.17, 15) is 14.9 Å². The number of rotatable bonds is 3. The average molecular weight is 203 g/mol. The van der Waals surface area contributed by atoms with Gasteiger partial charge in [0.1, 0.15) is 5.71 Å². The van der Waals surface area contributed by atoms with Crippen molar-refractivity contribution in [1.29, 1.82) is 0 Å². The lowest BCUT2D eigenvalue weighted by Crippen LogP contribution is -2.39. The Kier molecular flexibility index (Phi) is 4.00. The third kappa shape index (κ3) is 3.00. The molecule has 0 saturated heterocycles. The number of carbonyl (C=O) groups excluding carboxylic acids is 1. The Hall–Kier alpha value is -1.66. The highest BCUT2D eigenvalue weighted by Gasteiger charge is 2.35. The van der Waals surface area contributed by atoms with E-state index in [0.29, 0.717) is 0 Å². The maximum atomic E-state index is 10.6. The van der Waals surface area contributed by atoms with Crippen LogP contribution < -0.4 is 5.32 Å². The number of hydrogen-bond donors (Lipinski definition) is 1. The molecule has 0 spiro atoms. The molecule has 0 aliphatic rings. The first-order valence-corrected chi connectivity index (χ1v) is 3.90. The minimum Gasteiger partial charge on any atom is -0.323 e. The van der Waals surface area contributed by atoms with Crippen molar-refractivity contribution in [2.24, 2.45) is 5.16 Å². The predicted octanol–water partition coefficient (Wildman–Crippen LogP) is 0.774. The summed E-state index contributed by atoms with van der Waals surface area (Å²) in [5, 5.41) is 16.1. The molecule has 0 unspecified atom stereocenters. The van der Waals surface area contributed by atoms with Crippen molar-refractivity contribution in [2.75, 3.05) is 7.05 Å². The standard InChI is InChI=1S/C7H13N3O4/c1-5(7(2,3)10(12)13)9-14-6(11)8-4/h1-4H3,(H,8,11). The molecule has 0 saturated carbocycles. The number of nitro groups is 1. The van der Waals surface area contributed by atoms with Crippen molar-refractivity contribution in [1.82, 2.24) is 5.32 Å². The lowest BCUT2D eigenvalue weighted by atomic mass is 10.0. The molecule has 0 atom stereocenters. The molecule has 7 heteroatoms. The van der Waals surface area contributed by atoms with E-state index in [1.165, 1.54) is 27.8 Å². The summed E-state index contributed by atoms with van der Waals surface area (Å²) in [6.45, 7) is 4.17. The van der Waals surface area contributed by atoms with E-state index in [4.69, 9.17) is 0 Å². The summed E-state index contributed by atoms with van der Waals surface area (Å²) in [6, 6.07) is 0. The zero-order valence-corrected chi connectivity index (χ0v) is 8.53. The second kappa shape index (κ2) is 4.54. The van der Waals surface area contributed by atoms with Gasteiger partial charge in [0, 0.05) is 25.8 Å². The highest BCUT2D eigenvalue weighted by Crippen LogP contribution is 2.10. The third-order valence-corrected chi connectivity index (χ3v) is 1.81. The Balaban J connectivity index is 4.53. The summed E-state index contributed by atoms with van der Waals surface area (Å²) in [4.78, 5) is 25.0. The lowest BCUT2D eigenvalue weighted by molar-refractivity contribution is -0.538. The van der Waals surface area contributed by atoms with Gasteiger partial charge in [0.25, 0.3) is 5.54 Å². The van der Waals surface area contributed by atoms with Crippen LogP contribution in [-0.2, 0) is 4.84 Å². The van der Waals surface area contributed by atoms with Crippen LogP contribution in [-0.4, -0.2) is 29.3 Å². The van der Waals surface area contributed by atoms with E-state index < -0.39 is 16.6 Å². The fraction of sp³-hybridized carbons (Fsp3) is 0.714. The molecule has 0 bridgehead atoms. The Morgan fingerprint density at radius 3 is 2.43 bits per heavy atom. The molecule has 0 rings (SSSR count). The van der Waals surface area contributed by atoms with Crippen LogP contribution in [0.3, 0.4) is 0 Å². The van der Waals surface area contributed by atoms with Crippen molar-refractivity contribution < 1.29 is 14.6 Å². The van der Waals surface area contributed by atoms with E-state index in [2.05, 4.69) is 15.3 Å². The predicted molar refractivity (Wildman–Crippen MR) is 49.7 cm³/mol. The summed E-state index contributed by atoms with van der Waals surface area (Å²) >= 11 is 0. The van der Waals surface area contributed by atoms with Crippen LogP contribution in [0.1, 0.15) is 20.8 Å². The van der Waals surface area contributed by atoms with E-state index in [1.54, 1.807) is 0 Å². The summed E-state index contributed by atoms with van der Waals surface area (Å²) in [5.41, 5.74) is -1.22. The first kappa shape index (κ1) is 12.3. The fourth-order valence-corrected chi connectivity index (χ4v) is 0.399. The number of nitrogens with one attached hydrogen (secondary N) is 1. The van der Waals surface area contributed by atoms with Crippen molar-refractivity contribution in [2.45, 2.75) is 26.3 Å². The highest BCUT2D eigenvalue weighted by atomic mass is 16.7. The first-order valence-electron chi connectivity index (χ1n) is 3.90. The van der Waals surface area contributed by atoms with Crippen LogP contribution in [0.25, 0.3) is 0 Å². The van der Waals surface area contributed by atoms with Gasteiger partial charge in [-0.25, -0.2) is 4.79 Å². The SMILES string of the molecule is CNC(=O)ON=C(C)C(C)(C)[N+](=O)[O-]. The second-order valence-corrected chi connectivity index (χ2v) is 3.12. The second-order valence-electron chi connectivity index (χ2n) is 3.12. The smallest absolute Gasteiger partial charge is 0.323 e. The zero-order chi connectivity index (χ0) is 11.4. The Labute approximate surface area is 81.3 Å². The minimum atomic E-state index is -1.34. The minimum absolute atomic E-state index is 0.117. The molecule has 0 aliphatic heterocycles. The monoisotopic (exact) mass is 203 g/mol. The van der Waals surface area contributed by atoms with Gasteiger partial charge in [-0.2, -0.15) is 0 Å². The molecule has 0 aromatic heterocycles. The van der Waals surface area contributed by atoms with Crippen LogP contribution in [0, 0.1) is 10.1 Å². The molecule has 14 heavy (non-hydrogen) atoms. The molecule has 0 aromatic rings. The van der Waals surface area contributed by atoms with Crippen molar-refractivity contribution >= 4 is 11.8 Å². The molecule has 80 valence electrons. The summed E-state index contributed by atoms with van der Waals surface area (Å²) < 4.78 is 0. The molecular formula is C7H13N3O4. The average Bonchev–Trinajstić information content (AvgIpc) is 2.12. The Morgan fingerprint density at radius 2 is 2.07 bits per heavy atom. The molecule has 0 fully saturated rings. The number of oxime groups is 1. The van der Waals surface area contributed by atoms with E-state index >= 15 is 0 Å². The highest BCUT2D eigenvalue weighted by molar-refractivity contribution is 5.89. The van der Waals surface area contributed by atoms with Crippen molar-refractivity contribution in [3.05, 3.63) is 10.1 Å². The van der Waals surface area contributed by atoms with Gasteiger partial charge in [-0.3, -0.25) is 15.0 Å². The van der Waals surface area contributed by atoms with E-state index in [0.717, 1.165) is 0 Å². The van der Waals surface area contributed by atoms with Gasteiger partial charge in [0.2, 0.25) is 0 Å². The van der Waals surface area contributed by atoms with Gasteiger partial charge in [-0.15, -0.1) is 0 Å². The van der Waals surface area contributed by atoms with E-state index in [-0.39, 0.29) is 5.71 Å². The number of hydrogen-bond acceptors (Lipinski definition) is 5. The van der Waals surface area contributed by atoms with Crippen LogP contribution in [0.15, 0.2) is 5.16 Å². The van der Waals surface area contributed by atoms with E-state index in [1.807, 2.05) is 0 Å². The molecule has 0 heterocycles. The molecule has 1 amide bonds. The molecule has 7 nitrogen and oxygen atoms in total. The largest absolute Gasteiger partial charge is 0.433 e. The quantitative estimate of drug-likeness (QED) is 0.317. The van der Waals surface area contributed by atoms with Crippen LogP contribution in [0.5, 0.6) is 0 Å².